The van der Waals surface area contributed by atoms with Crippen molar-refractivity contribution in [3.8, 4) is 22.8 Å². The van der Waals surface area contributed by atoms with E-state index in [0.717, 1.165) is 9.54 Å². The highest BCUT2D eigenvalue weighted by Crippen LogP contribution is 2.31. The molecule has 0 aliphatic heterocycles. The van der Waals surface area contributed by atoms with Crippen LogP contribution in [0.3, 0.4) is 0 Å². The number of hydrogen-bond donors (Lipinski definition) is 1. The lowest BCUT2D eigenvalue weighted by molar-refractivity contribution is -0.137. The van der Waals surface area contributed by atoms with Gasteiger partial charge in [-0.25, -0.2) is 22.4 Å². The quantitative estimate of drug-likeness (QED) is 0.279. The Morgan fingerprint density at radius 3 is 2.36 bits per heavy atom. The number of methoxy groups -OCH3 is 2. The molecule has 0 amide bonds. The Kier molecular flexibility index (Phi) is 7.03. The van der Waals surface area contributed by atoms with Crippen LogP contribution in [-0.2, 0) is 34.2 Å². The van der Waals surface area contributed by atoms with Crippen LogP contribution in [0.1, 0.15) is 11.3 Å². The summed E-state index contributed by atoms with van der Waals surface area (Å²) in [6.45, 7) is -0.360. The highest BCUT2D eigenvalue weighted by Gasteiger charge is 2.26. The summed E-state index contributed by atoms with van der Waals surface area (Å²) in [7, 11) is -0.881. The largest absolute Gasteiger partial charge is 0.497 e. The van der Waals surface area contributed by atoms with Crippen molar-refractivity contribution < 1.29 is 27.8 Å². The van der Waals surface area contributed by atoms with E-state index in [0.29, 0.717) is 41.1 Å². The number of nitrogens with zero attached hydrogens (tertiary/aromatic N) is 5. The SMILES string of the molecule is COc1cc(CCc2cnc3c(cc(-c4cnn(CC(=O)O)c4)n3S(=O)(=O)c3ccccc3)n2)cc(OC)c1. The second-order valence-corrected chi connectivity index (χ2v) is 10.5. The number of aromatic nitrogens is 5. The van der Waals surface area contributed by atoms with Crippen molar-refractivity contribution in [2.75, 3.05) is 14.2 Å². The van der Waals surface area contributed by atoms with Crippen LogP contribution in [0.5, 0.6) is 11.5 Å². The molecule has 3 heterocycles. The van der Waals surface area contributed by atoms with Crippen molar-refractivity contribution in [1.29, 1.82) is 0 Å². The van der Waals surface area contributed by atoms with Crippen LogP contribution in [0.4, 0.5) is 0 Å². The highest BCUT2D eigenvalue weighted by molar-refractivity contribution is 7.90. The maximum Gasteiger partial charge on any atom is 0.325 e. The number of carbonyl (C=O) groups is 1. The van der Waals surface area contributed by atoms with Gasteiger partial charge >= 0.3 is 5.97 Å². The van der Waals surface area contributed by atoms with Gasteiger partial charge in [0.05, 0.1) is 42.9 Å². The summed E-state index contributed by atoms with van der Waals surface area (Å²) < 4.78 is 40.6. The Bertz CT molecular complexity index is 1740. The molecule has 0 atom stereocenters. The Hall–Kier alpha value is -4.71. The van der Waals surface area contributed by atoms with E-state index in [1.807, 2.05) is 12.1 Å². The number of aliphatic carboxylic acids is 1. The minimum absolute atomic E-state index is 0.0829. The van der Waals surface area contributed by atoms with Crippen LogP contribution in [0.2, 0.25) is 0 Å². The van der Waals surface area contributed by atoms with Crippen molar-refractivity contribution in [3.05, 3.63) is 84.4 Å². The van der Waals surface area contributed by atoms with Crippen molar-refractivity contribution in [2.24, 2.45) is 0 Å². The van der Waals surface area contributed by atoms with Crippen LogP contribution in [-0.4, -0.2) is 57.4 Å². The molecule has 12 heteroatoms. The zero-order valence-corrected chi connectivity index (χ0v) is 22.0. The summed E-state index contributed by atoms with van der Waals surface area (Å²) in [6, 6.07) is 15.3. The molecule has 0 saturated carbocycles. The van der Waals surface area contributed by atoms with E-state index >= 15 is 0 Å². The molecule has 3 aromatic heterocycles. The molecule has 39 heavy (non-hydrogen) atoms. The van der Waals surface area contributed by atoms with Crippen molar-refractivity contribution in [2.45, 2.75) is 24.3 Å². The van der Waals surface area contributed by atoms with Gasteiger partial charge in [-0.15, -0.1) is 0 Å². The summed E-state index contributed by atoms with van der Waals surface area (Å²) in [5, 5.41) is 13.2. The van der Waals surface area contributed by atoms with Gasteiger partial charge in [-0.05, 0) is 48.7 Å². The lowest BCUT2D eigenvalue weighted by Crippen LogP contribution is -2.15. The van der Waals surface area contributed by atoms with E-state index in [1.165, 1.54) is 29.2 Å². The fraction of sp³-hybridized carbons (Fsp3) is 0.185. The van der Waals surface area contributed by atoms with E-state index in [9.17, 15) is 13.2 Å². The third-order valence-corrected chi connectivity index (χ3v) is 7.82. The number of fused-ring (bicyclic) bond motifs is 1. The van der Waals surface area contributed by atoms with E-state index in [1.54, 1.807) is 50.7 Å². The van der Waals surface area contributed by atoms with E-state index in [-0.39, 0.29) is 22.8 Å². The Morgan fingerprint density at radius 1 is 0.974 bits per heavy atom. The van der Waals surface area contributed by atoms with Gasteiger partial charge in [0, 0.05) is 17.8 Å². The lowest BCUT2D eigenvalue weighted by atomic mass is 10.1. The monoisotopic (exact) mass is 547 g/mol. The Morgan fingerprint density at radius 2 is 1.69 bits per heavy atom. The first-order valence-corrected chi connectivity index (χ1v) is 13.4. The number of carboxylic acid groups (broad SMARTS) is 1. The molecule has 0 spiro atoms. The van der Waals surface area contributed by atoms with Gasteiger partial charge < -0.3 is 14.6 Å². The molecule has 200 valence electrons. The fourth-order valence-corrected chi connectivity index (χ4v) is 5.75. The number of hydrogen-bond acceptors (Lipinski definition) is 8. The first kappa shape index (κ1) is 25.9. The van der Waals surface area contributed by atoms with E-state index < -0.39 is 16.0 Å². The number of ether oxygens (including phenoxy) is 2. The summed E-state index contributed by atoms with van der Waals surface area (Å²) >= 11 is 0. The smallest absolute Gasteiger partial charge is 0.325 e. The molecule has 5 aromatic rings. The van der Waals surface area contributed by atoms with Gasteiger partial charge in [0.1, 0.15) is 23.6 Å². The first-order chi connectivity index (χ1) is 18.8. The third-order valence-electron chi connectivity index (χ3n) is 6.10. The molecule has 0 fully saturated rings. The molecule has 5 rings (SSSR count). The van der Waals surface area contributed by atoms with E-state index in [2.05, 4.69) is 10.1 Å². The summed E-state index contributed by atoms with van der Waals surface area (Å²) in [4.78, 5) is 20.4. The van der Waals surface area contributed by atoms with Crippen LogP contribution < -0.4 is 9.47 Å². The van der Waals surface area contributed by atoms with Gasteiger partial charge in [-0.3, -0.25) is 9.48 Å². The molecule has 0 aliphatic rings. The molecule has 2 aromatic carbocycles. The predicted molar refractivity (Wildman–Crippen MR) is 142 cm³/mol. The second kappa shape index (κ2) is 10.6. The van der Waals surface area contributed by atoms with Gasteiger partial charge in [-0.1, -0.05) is 18.2 Å². The predicted octanol–water partition coefficient (Wildman–Crippen LogP) is 3.42. The Balaban J connectivity index is 1.56. The zero-order valence-electron chi connectivity index (χ0n) is 21.2. The minimum atomic E-state index is -4.07. The number of carboxylic acids is 1. The zero-order chi connectivity index (χ0) is 27.6. The van der Waals surface area contributed by atoms with Gasteiger partial charge in [0.2, 0.25) is 0 Å². The molecular weight excluding hydrogens is 522 g/mol. The highest BCUT2D eigenvalue weighted by atomic mass is 32.2. The van der Waals surface area contributed by atoms with Crippen molar-refractivity contribution in [3.63, 3.8) is 0 Å². The molecule has 0 bridgehead atoms. The summed E-state index contributed by atoms with van der Waals surface area (Å²) in [5.74, 6) is 0.299. The molecular formula is C27H25N5O6S. The second-order valence-electron chi connectivity index (χ2n) is 8.72. The third kappa shape index (κ3) is 5.32. The van der Waals surface area contributed by atoms with Crippen LogP contribution in [0.15, 0.2) is 78.1 Å². The van der Waals surface area contributed by atoms with Gasteiger partial charge in [0.15, 0.2) is 5.65 Å². The van der Waals surface area contributed by atoms with E-state index in [4.69, 9.17) is 19.6 Å². The average Bonchev–Trinajstić information content (AvgIpc) is 3.56. The molecule has 0 radical (unpaired) electrons. The lowest BCUT2D eigenvalue weighted by Gasteiger charge is -2.11. The van der Waals surface area contributed by atoms with Crippen LogP contribution >= 0.6 is 0 Å². The van der Waals surface area contributed by atoms with Crippen molar-refractivity contribution >= 4 is 27.2 Å². The molecule has 0 unspecified atom stereocenters. The summed E-state index contributed by atoms with van der Waals surface area (Å²) in [5.41, 5.74) is 2.90. The topological polar surface area (TPSA) is 138 Å². The normalized spacial score (nSPS) is 11.5. The standard InChI is InChI=1S/C27H25N5O6S/c1-37-21-10-18(11-22(12-21)38-2)8-9-20-15-28-27-24(30-20)13-25(19-14-29-31(16-19)17-26(33)34)32(27)39(35,36)23-6-4-3-5-7-23/h3-7,10-16H,8-9,17H2,1-2H3,(H,33,34). The fourth-order valence-electron chi connectivity index (χ4n) is 4.26. The van der Waals surface area contributed by atoms with Crippen molar-refractivity contribution in [1.82, 2.24) is 23.7 Å². The maximum absolute atomic E-state index is 13.8. The summed E-state index contributed by atoms with van der Waals surface area (Å²) in [6.07, 6.45) is 5.64. The van der Waals surface area contributed by atoms with Crippen LogP contribution in [0.25, 0.3) is 22.4 Å². The number of rotatable bonds is 10. The van der Waals surface area contributed by atoms with Crippen LogP contribution in [0, 0.1) is 0 Å². The maximum atomic E-state index is 13.8. The molecule has 0 aliphatic carbocycles. The average molecular weight is 548 g/mol. The molecule has 11 nitrogen and oxygen atoms in total. The van der Waals surface area contributed by atoms with Gasteiger partial charge in [0.25, 0.3) is 10.0 Å². The molecule has 0 saturated heterocycles. The Labute approximate surface area is 224 Å². The first-order valence-electron chi connectivity index (χ1n) is 11.9. The number of aryl methyl sites for hydroxylation is 2. The number of benzene rings is 2. The minimum Gasteiger partial charge on any atom is -0.497 e. The molecule has 1 N–H and O–H groups in total. The van der Waals surface area contributed by atoms with Gasteiger partial charge in [-0.2, -0.15) is 5.10 Å².